The molecule has 0 N–H and O–H groups in total. The third-order valence-corrected chi connectivity index (χ3v) is 3.41. The molecule has 0 unspecified atom stereocenters. The molecule has 1 rings (SSSR count). The number of rotatable bonds is 0. The Bertz CT molecular complexity index is 294. The lowest BCUT2D eigenvalue weighted by molar-refractivity contribution is -0.159. The molecule has 3 nitrogen and oxygen atoms in total. The first kappa shape index (κ1) is 15.9. The summed E-state index contributed by atoms with van der Waals surface area (Å²) in [7, 11) is 0. The molecule has 0 amide bonds. The van der Waals surface area contributed by atoms with Gasteiger partial charge in [0, 0.05) is 12.8 Å². The van der Waals surface area contributed by atoms with Crippen LogP contribution in [0.3, 0.4) is 0 Å². The molecule has 0 bridgehead atoms. The second kappa shape index (κ2) is 10.8. The molecule has 1 aliphatic rings. The molecule has 108 valence electrons. The predicted octanol–water partition coefficient (Wildman–Crippen LogP) is 4.31. The second-order valence-electron chi connectivity index (χ2n) is 5.22. The van der Waals surface area contributed by atoms with Crippen LogP contribution in [0.25, 0.3) is 0 Å². The smallest absolute Gasteiger partial charge is 0.313 e. The molecule has 0 aromatic rings. The van der Waals surface area contributed by atoms with Crippen molar-refractivity contribution in [2.45, 2.75) is 77.0 Å². The van der Waals surface area contributed by atoms with Crippen molar-refractivity contribution >= 4 is 11.9 Å². The summed E-state index contributed by atoms with van der Waals surface area (Å²) in [5, 5.41) is 0. The lowest BCUT2D eigenvalue weighted by Gasteiger charge is -2.02. The van der Waals surface area contributed by atoms with Gasteiger partial charge in [-0.15, -0.1) is 0 Å². The number of carbonyl (C=O) groups excluding carboxylic acids is 2. The topological polar surface area (TPSA) is 43.4 Å². The summed E-state index contributed by atoms with van der Waals surface area (Å²) in [5.74, 6) is -0.753. The van der Waals surface area contributed by atoms with E-state index in [0.717, 1.165) is 19.3 Å². The summed E-state index contributed by atoms with van der Waals surface area (Å²) in [5.41, 5.74) is 0. The van der Waals surface area contributed by atoms with E-state index in [1.54, 1.807) is 0 Å². The standard InChI is InChI=1S/C16H26O3/c17-15-13-11-9-7-5-3-1-2-4-6-8-10-12-14-16(18)19-15/h7,9H,1-6,8,10-14H2/b9-7+. The van der Waals surface area contributed by atoms with E-state index < -0.39 is 0 Å². The molecule has 1 aliphatic heterocycles. The fourth-order valence-corrected chi connectivity index (χ4v) is 2.26. The monoisotopic (exact) mass is 266 g/mol. The Morgan fingerprint density at radius 3 is 1.89 bits per heavy atom. The van der Waals surface area contributed by atoms with E-state index in [1.165, 1.54) is 38.5 Å². The first-order chi connectivity index (χ1) is 9.29. The van der Waals surface area contributed by atoms with Gasteiger partial charge in [0.05, 0.1) is 0 Å². The van der Waals surface area contributed by atoms with Gasteiger partial charge in [0.25, 0.3) is 0 Å². The highest BCUT2D eigenvalue weighted by Gasteiger charge is 2.09. The van der Waals surface area contributed by atoms with E-state index in [4.69, 9.17) is 4.74 Å². The van der Waals surface area contributed by atoms with Gasteiger partial charge < -0.3 is 4.74 Å². The molecule has 0 radical (unpaired) electrons. The van der Waals surface area contributed by atoms with Crippen molar-refractivity contribution in [1.82, 2.24) is 0 Å². The highest BCUT2D eigenvalue weighted by atomic mass is 16.6. The van der Waals surface area contributed by atoms with Crippen LogP contribution in [-0.4, -0.2) is 11.9 Å². The van der Waals surface area contributed by atoms with Crippen LogP contribution in [-0.2, 0) is 14.3 Å². The van der Waals surface area contributed by atoms with Crippen LogP contribution in [0, 0.1) is 0 Å². The first-order valence-electron chi connectivity index (χ1n) is 7.67. The van der Waals surface area contributed by atoms with E-state index in [-0.39, 0.29) is 11.9 Å². The van der Waals surface area contributed by atoms with Gasteiger partial charge in [0.15, 0.2) is 0 Å². The number of hydrogen-bond acceptors (Lipinski definition) is 3. The highest BCUT2D eigenvalue weighted by Crippen LogP contribution is 2.12. The molecule has 0 spiro atoms. The minimum atomic E-state index is -0.390. The Kier molecular flexibility index (Phi) is 9.03. The van der Waals surface area contributed by atoms with Crippen molar-refractivity contribution in [2.24, 2.45) is 0 Å². The average Bonchev–Trinajstić information content (AvgIpc) is 2.38. The Morgan fingerprint density at radius 1 is 0.632 bits per heavy atom. The van der Waals surface area contributed by atoms with Crippen LogP contribution in [0.4, 0.5) is 0 Å². The SMILES string of the molecule is O=C1CC/C=C/CCCCCCCCCCC(=O)O1. The van der Waals surface area contributed by atoms with Gasteiger partial charge in [-0.05, 0) is 25.7 Å². The molecule has 0 aliphatic carbocycles. The summed E-state index contributed by atoms with van der Waals surface area (Å²) >= 11 is 0. The van der Waals surface area contributed by atoms with E-state index in [1.807, 2.05) is 6.08 Å². The lowest BCUT2D eigenvalue weighted by Crippen LogP contribution is -2.11. The molecule has 0 saturated carbocycles. The van der Waals surface area contributed by atoms with Gasteiger partial charge >= 0.3 is 11.9 Å². The molecule has 3 heteroatoms. The predicted molar refractivity (Wildman–Crippen MR) is 75.6 cm³/mol. The summed E-state index contributed by atoms with van der Waals surface area (Å²) in [6.07, 6.45) is 16.1. The number of ether oxygens (including phenoxy) is 1. The Balaban J connectivity index is 2.29. The second-order valence-corrected chi connectivity index (χ2v) is 5.22. The van der Waals surface area contributed by atoms with Crippen molar-refractivity contribution in [3.8, 4) is 0 Å². The van der Waals surface area contributed by atoms with Crippen molar-refractivity contribution in [2.75, 3.05) is 0 Å². The Labute approximate surface area is 116 Å². The largest absolute Gasteiger partial charge is 0.393 e. The Morgan fingerprint density at radius 2 is 1.16 bits per heavy atom. The molecule has 19 heavy (non-hydrogen) atoms. The maximum atomic E-state index is 11.4. The number of carbonyl (C=O) groups is 2. The number of cyclic esters (lactones) is 2. The minimum Gasteiger partial charge on any atom is -0.393 e. The van der Waals surface area contributed by atoms with Crippen molar-refractivity contribution in [1.29, 1.82) is 0 Å². The molecule has 1 heterocycles. The van der Waals surface area contributed by atoms with E-state index in [0.29, 0.717) is 19.3 Å². The zero-order chi connectivity index (χ0) is 13.8. The summed E-state index contributed by atoms with van der Waals surface area (Å²) in [6.45, 7) is 0. The maximum absolute atomic E-state index is 11.4. The van der Waals surface area contributed by atoms with Crippen molar-refractivity contribution in [3.63, 3.8) is 0 Å². The van der Waals surface area contributed by atoms with E-state index in [2.05, 4.69) is 6.08 Å². The van der Waals surface area contributed by atoms with E-state index >= 15 is 0 Å². The van der Waals surface area contributed by atoms with Crippen LogP contribution < -0.4 is 0 Å². The highest BCUT2D eigenvalue weighted by molar-refractivity contribution is 5.85. The van der Waals surface area contributed by atoms with Crippen LogP contribution in [0.15, 0.2) is 12.2 Å². The van der Waals surface area contributed by atoms with E-state index in [9.17, 15) is 9.59 Å². The van der Waals surface area contributed by atoms with Gasteiger partial charge in [0.1, 0.15) is 0 Å². The zero-order valence-electron chi connectivity index (χ0n) is 11.9. The summed E-state index contributed by atoms with van der Waals surface area (Å²) in [6, 6.07) is 0. The molecule has 0 aromatic carbocycles. The first-order valence-corrected chi connectivity index (χ1v) is 7.67. The number of hydrogen-bond donors (Lipinski definition) is 0. The molecule has 0 saturated heterocycles. The van der Waals surface area contributed by atoms with Crippen molar-refractivity contribution in [3.05, 3.63) is 12.2 Å². The third-order valence-electron chi connectivity index (χ3n) is 3.41. The summed E-state index contributed by atoms with van der Waals surface area (Å²) < 4.78 is 4.76. The summed E-state index contributed by atoms with van der Waals surface area (Å²) in [4.78, 5) is 22.7. The minimum absolute atomic E-state index is 0.308. The zero-order valence-corrected chi connectivity index (χ0v) is 11.9. The van der Waals surface area contributed by atoms with Gasteiger partial charge in [-0.1, -0.05) is 50.7 Å². The maximum Gasteiger partial charge on any atom is 0.313 e. The van der Waals surface area contributed by atoms with Crippen LogP contribution >= 0.6 is 0 Å². The van der Waals surface area contributed by atoms with Gasteiger partial charge in [-0.3, -0.25) is 9.59 Å². The fraction of sp³-hybridized carbons (Fsp3) is 0.750. The third kappa shape index (κ3) is 9.46. The van der Waals surface area contributed by atoms with Gasteiger partial charge in [-0.2, -0.15) is 0 Å². The van der Waals surface area contributed by atoms with Gasteiger partial charge in [0.2, 0.25) is 0 Å². The molecular weight excluding hydrogens is 240 g/mol. The molecule has 0 aromatic heterocycles. The van der Waals surface area contributed by atoms with Crippen LogP contribution in [0.5, 0.6) is 0 Å². The number of allylic oxidation sites excluding steroid dienone is 2. The van der Waals surface area contributed by atoms with Crippen molar-refractivity contribution < 1.29 is 14.3 Å². The molecular formula is C16H26O3. The average molecular weight is 266 g/mol. The van der Waals surface area contributed by atoms with Crippen LogP contribution in [0.2, 0.25) is 0 Å². The Hall–Kier alpha value is -1.12. The van der Waals surface area contributed by atoms with Gasteiger partial charge in [-0.25, -0.2) is 0 Å². The van der Waals surface area contributed by atoms with Crippen LogP contribution in [0.1, 0.15) is 77.0 Å². The molecule has 0 fully saturated rings. The number of esters is 2. The normalized spacial score (nSPS) is 23.4. The fourth-order valence-electron chi connectivity index (χ4n) is 2.26. The lowest BCUT2D eigenvalue weighted by atomic mass is 10.1. The quantitative estimate of drug-likeness (QED) is 0.373. The molecule has 0 atom stereocenters.